The zero-order valence-electron chi connectivity index (χ0n) is 14.1. The first kappa shape index (κ1) is 18.8. The molecule has 0 N–H and O–H groups in total. The second kappa shape index (κ2) is 8.16. The molecule has 0 bridgehead atoms. The molecule has 1 aliphatic heterocycles. The van der Waals surface area contributed by atoms with Gasteiger partial charge in [0, 0.05) is 19.3 Å². The summed E-state index contributed by atoms with van der Waals surface area (Å²) in [5, 5.41) is 0.147. The first-order valence-corrected chi connectivity index (χ1v) is 10.2. The number of halogens is 1. The summed E-state index contributed by atoms with van der Waals surface area (Å²) in [5.74, 6) is -0.684. The van der Waals surface area contributed by atoms with Crippen LogP contribution in [-0.4, -0.2) is 36.8 Å². The Morgan fingerprint density at radius 1 is 1.15 bits per heavy atom. The van der Waals surface area contributed by atoms with Gasteiger partial charge in [-0.05, 0) is 43.2 Å². The van der Waals surface area contributed by atoms with Crippen molar-refractivity contribution in [2.45, 2.75) is 30.8 Å². The maximum Gasteiger partial charge on any atom is 0.340 e. The molecule has 1 aromatic heterocycles. The highest BCUT2D eigenvalue weighted by atomic mass is 35.5. The zero-order valence-corrected chi connectivity index (χ0v) is 15.7. The first-order chi connectivity index (χ1) is 12.5. The predicted octanol–water partition coefficient (Wildman–Crippen LogP) is 3.27. The number of pyridine rings is 1. The number of hydrogen-bond donors (Lipinski definition) is 0. The van der Waals surface area contributed by atoms with Gasteiger partial charge in [-0.1, -0.05) is 24.1 Å². The highest BCUT2D eigenvalue weighted by molar-refractivity contribution is 7.89. The van der Waals surface area contributed by atoms with Gasteiger partial charge in [0.15, 0.2) is 0 Å². The molecule has 1 fully saturated rings. The largest absolute Gasteiger partial charge is 0.456 e. The standard InChI is InChI=1S/C18H19ClN2O4S/c19-17-8-7-15(26(23,24)21-10-4-1-5-11-21)12-16(17)18(22)25-13-14-6-2-3-9-20-14/h2-3,6-9,12H,1,4-5,10-11,13H2. The van der Waals surface area contributed by atoms with Crippen LogP contribution in [-0.2, 0) is 21.4 Å². The van der Waals surface area contributed by atoms with E-state index in [-0.39, 0.29) is 22.1 Å². The molecule has 1 aromatic carbocycles. The van der Waals surface area contributed by atoms with E-state index in [1.807, 2.05) is 0 Å². The summed E-state index contributed by atoms with van der Waals surface area (Å²) in [6.07, 6.45) is 4.30. The van der Waals surface area contributed by atoms with Crippen molar-refractivity contribution in [2.75, 3.05) is 13.1 Å². The summed E-state index contributed by atoms with van der Waals surface area (Å²) in [6, 6.07) is 9.39. The third-order valence-corrected chi connectivity index (χ3v) is 6.41. The molecule has 8 heteroatoms. The second-order valence-corrected chi connectivity index (χ2v) is 8.35. The molecule has 1 aliphatic rings. The van der Waals surface area contributed by atoms with Gasteiger partial charge >= 0.3 is 5.97 Å². The van der Waals surface area contributed by atoms with Crippen molar-refractivity contribution in [3.8, 4) is 0 Å². The lowest BCUT2D eigenvalue weighted by molar-refractivity contribution is 0.0467. The van der Waals surface area contributed by atoms with Gasteiger partial charge in [0.25, 0.3) is 0 Å². The van der Waals surface area contributed by atoms with E-state index in [4.69, 9.17) is 16.3 Å². The number of aromatic nitrogens is 1. The van der Waals surface area contributed by atoms with E-state index in [0.717, 1.165) is 19.3 Å². The van der Waals surface area contributed by atoms with Gasteiger partial charge in [0.2, 0.25) is 10.0 Å². The average Bonchev–Trinajstić information content (AvgIpc) is 2.68. The van der Waals surface area contributed by atoms with E-state index in [1.165, 1.54) is 22.5 Å². The molecule has 138 valence electrons. The Balaban J connectivity index is 1.79. The average molecular weight is 395 g/mol. The highest BCUT2D eigenvalue weighted by Crippen LogP contribution is 2.25. The molecule has 0 aliphatic carbocycles. The van der Waals surface area contributed by atoms with Crippen LogP contribution in [0.4, 0.5) is 0 Å². The molecule has 0 spiro atoms. The Morgan fingerprint density at radius 3 is 2.62 bits per heavy atom. The topological polar surface area (TPSA) is 76.6 Å². The third kappa shape index (κ3) is 4.23. The minimum absolute atomic E-state index is 0.0148. The number of benzene rings is 1. The summed E-state index contributed by atoms with van der Waals surface area (Å²) in [6.45, 7) is 0.966. The molecule has 0 radical (unpaired) electrons. The van der Waals surface area contributed by atoms with E-state index >= 15 is 0 Å². The number of carbonyl (C=O) groups is 1. The molecular weight excluding hydrogens is 376 g/mol. The Hall–Kier alpha value is -1.96. The first-order valence-electron chi connectivity index (χ1n) is 8.35. The van der Waals surface area contributed by atoms with Crippen LogP contribution in [0, 0.1) is 0 Å². The molecule has 0 amide bonds. The van der Waals surface area contributed by atoms with Crippen LogP contribution in [0.2, 0.25) is 5.02 Å². The van der Waals surface area contributed by atoms with Crippen LogP contribution in [0.15, 0.2) is 47.5 Å². The lowest BCUT2D eigenvalue weighted by Crippen LogP contribution is -2.35. The van der Waals surface area contributed by atoms with Crippen LogP contribution in [0.25, 0.3) is 0 Å². The Bertz CT molecular complexity index is 881. The van der Waals surface area contributed by atoms with Gasteiger partial charge in [-0.2, -0.15) is 4.31 Å². The monoisotopic (exact) mass is 394 g/mol. The number of rotatable bonds is 5. The smallest absolute Gasteiger partial charge is 0.340 e. The van der Waals surface area contributed by atoms with Crippen LogP contribution >= 0.6 is 11.6 Å². The lowest BCUT2D eigenvalue weighted by Gasteiger charge is -2.26. The molecule has 3 rings (SSSR count). The Kier molecular flexibility index (Phi) is 5.90. The number of piperidine rings is 1. The minimum Gasteiger partial charge on any atom is -0.456 e. The fraction of sp³-hybridized carbons (Fsp3) is 0.333. The Morgan fingerprint density at radius 2 is 1.92 bits per heavy atom. The number of ether oxygens (including phenoxy) is 1. The molecular formula is C18H19ClN2O4S. The molecule has 0 unspecified atom stereocenters. The van der Waals surface area contributed by atoms with Crippen molar-refractivity contribution in [3.05, 3.63) is 58.9 Å². The zero-order chi connectivity index (χ0) is 18.6. The van der Waals surface area contributed by atoms with Crippen LogP contribution in [0.3, 0.4) is 0 Å². The van der Waals surface area contributed by atoms with Crippen molar-refractivity contribution in [1.82, 2.24) is 9.29 Å². The maximum atomic E-state index is 12.8. The van der Waals surface area contributed by atoms with Crippen LogP contribution < -0.4 is 0 Å². The number of hydrogen-bond acceptors (Lipinski definition) is 5. The predicted molar refractivity (Wildman–Crippen MR) is 97.4 cm³/mol. The number of carbonyl (C=O) groups excluding carboxylic acids is 1. The summed E-state index contributed by atoms with van der Waals surface area (Å²) < 4.78 is 32.2. The number of esters is 1. The van der Waals surface area contributed by atoms with Crippen LogP contribution in [0.1, 0.15) is 35.3 Å². The quantitative estimate of drug-likeness (QED) is 0.727. The van der Waals surface area contributed by atoms with Gasteiger partial charge in [0.1, 0.15) is 6.61 Å². The Labute approximate surface area is 157 Å². The van der Waals surface area contributed by atoms with Gasteiger partial charge in [-0.25, -0.2) is 13.2 Å². The number of nitrogens with zero attached hydrogens (tertiary/aromatic N) is 2. The minimum atomic E-state index is -3.65. The summed E-state index contributed by atoms with van der Waals surface area (Å²) >= 11 is 6.08. The van der Waals surface area contributed by atoms with Gasteiger partial charge < -0.3 is 4.74 Å². The SMILES string of the molecule is O=C(OCc1ccccn1)c1cc(S(=O)(=O)N2CCCCC2)ccc1Cl. The summed E-state index contributed by atoms with van der Waals surface area (Å²) in [4.78, 5) is 16.5. The van der Waals surface area contributed by atoms with E-state index in [2.05, 4.69) is 4.98 Å². The van der Waals surface area contributed by atoms with E-state index in [1.54, 1.807) is 24.4 Å². The van der Waals surface area contributed by atoms with Crippen molar-refractivity contribution in [3.63, 3.8) is 0 Å². The van der Waals surface area contributed by atoms with Gasteiger partial charge in [0.05, 0.1) is 21.2 Å². The van der Waals surface area contributed by atoms with E-state index in [9.17, 15) is 13.2 Å². The molecule has 2 aromatic rings. The van der Waals surface area contributed by atoms with Crippen molar-refractivity contribution in [1.29, 1.82) is 0 Å². The van der Waals surface area contributed by atoms with Crippen molar-refractivity contribution in [2.24, 2.45) is 0 Å². The highest BCUT2D eigenvalue weighted by Gasteiger charge is 2.27. The molecule has 0 atom stereocenters. The lowest BCUT2D eigenvalue weighted by atomic mass is 10.2. The summed E-state index contributed by atoms with van der Waals surface area (Å²) in [5.41, 5.74) is 0.620. The molecule has 6 nitrogen and oxygen atoms in total. The van der Waals surface area contributed by atoms with E-state index in [0.29, 0.717) is 18.8 Å². The maximum absolute atomic E-state index is 12.8. The normalized spacial score (nSPS) is 15.6. The van der Waals surface area contributed by atoms with Crippen LogP contribution in [0.5, 0.6) is 0 Å². The molecule has 26 heavy (non-hydrogen) atoms. The fourth-order valence-corrected chi connectivity index (χ4v) is 4.51. The fourth-order valence-electron chi connectivity index (χ4n) is 2.78. The summed E-state index contributed by atoms with van der Waals surface area (Å²) in [7, 11) is -3.65. The van der Waals surface area contributed by atoms with E-state index < -0.39 is 16.0 Å². The molecule has 2 heterocycles. The second-order valence-electron chi connectivity index (χ2n) is 6.00. The third-order valence-electron chi connectivity index (χ3n) is 4.19. The van der Waals surface area contributed by atoms with Gasteiger partial charge in [-0.15, -0.1) is 0 Å². The molecule has 1 saturated heterocycles. The molecule has 0 saturated carbocycles. The number of sulfonamides is 1. The van der Waals surface area contributed by atoms with Gasteiger partial charge in [-0.3, -0.25) is 4.98 Å². The van der Waals surface area contributed by atoms with Crippen molar-refractivity contribution >= 4 is 27.6 Å². The van der Waals surface area contributed by atoms with Crippen molar-refractivity contribution < 1.29 is 17.9 Å².